The Bertz CT molecular complexity index is 473. The molecule has 1 aromatic carbocycles. The second kappa shape index (κ2) is 10.0. The molecule has 0 atom stereocenters. The maximum Gasteiger partial charge on any atom is -0.0138 e. The molecule has 0 aliphatic rings. The summed E-state index contributed by atoms with van der Waals surface area (Å²) in [5.41, 5.74) is 2.87. The van der Waals surface area contributed by atoms with Crippen LogP contribution in [0, 0.1) is 18.8 Å². The molecule has 0 aliphatic carbocycles. The monoisotopic (exact) mass is 360 g/mol. The first-order valence-electron chi connectivity index (χ1n) is 9.80. The van der Waals surface area contributed by atoms with Gasteiger partial charge in [0.05, 0.1) is 0 Å². The van der Waals surface area contributed by atoms with Crippen LogP contribution in [0.3, 0.4) is 0 Å². The standard InChI is InChI=1S/C15H24O.2C4H9.Al/c1-10-8-11(14(2,3)4)13(16)12(9-10)15(5,6)7;2*1-4(2)3;/h8-9,16H,1-7H3;2*4H,1H2,2-3H3;/q;;;+1/p-1. The summed E-state index contributed by atoms with van der Waals surface area (Å²) in [5, 5.41) is 15.4. The minimum atomic E-state index is -0.0803. The van der Waals surface area contributed by atoms with E-state index in [1.54, 1.807) is 0 Å². The van der Waals surface area contributed by atoms with Crippen LogP contribution in [-0.2, 0) is 10.8 Å². The molecule has 0 unspecified atom stereocenters. The number of hydrogen-bond donors (Lipinski definition) is 0. The second-order valence-electron chi connectivity index (χ2n) is 10.2. The summed E-state index contributed by atoms with van der Waals surface area (Å²) in [6.07, 6.45) is 0. The molecule has 0 bridgehead atoms. The van der Waals surface area contributed by atoms with E-state index in [1.165, 1.54) is 16.1 Å². The molecule has 0 aromatic heterocycles. The predicted octanol–water partition coefficient (Wildman–Crippen LogP) is 6.50. The topological polar surface area (TPSA) is 23.1 Å². The van der Waals surface area contributed by atoms with E-state index in [4.69, 9.17) is 0 Å². The van der Waals surface area contributed by atoms with Crippen molar-refractivity contribution in [2.45, 2.75) is 97.6 Å². The van der Waals surface area contributed by atoms with E-state index in [0.29, 0.717) is 0 Å². The maximum atomic E-state index is 12.4. The molecule has 2 heteroatoms. The van der Waals surface area contributed by atoms with Gasteiger partial charge in [0.25, 0.3) is 0 Å². The van der Waals surface area contributed by atoms with E-state index in [2.05, 4.69) is 76.2 Å². The molecule has 1 nitrogen and oxygen atoms in total. The van der Waals surface area contributed by atoms with Crippen LogP contribution in [0.5, 0.6) is 5.75 Å². The molecule has 0 spiro atoms. The van der Waals surface area contributed by atoms with Crippen LogP contribution >= 0.6 is 0 Å². The fourth-order valence-electron chi connectivity index (χ4n) is 2.65. The van der Waals surface area contributed by atoms with Gasteiger partial charge >= 0.3 is 65.3 Å². The zero-order valence-corrected chi connectivity index (χ0v) is 19.9. The van der Waals surface area contributed by atoms with Crippen LogP contribution in [0.15, 0.2) is 12.1 Å². The van der Waals surface area contributed by atoms with Gasteiger partial charge in [0.2, 0.25) is 0 Å². The van der Waals surface area contributed by atoms with Crippen molar-refractivity contribution >= 4 is 15.2 Å². The van der Waals surface area contributed by atoms with Gasteiger partial charge < -0.3 is 5.11 Å². The first kappa shape index (κ1) is 24.6. The van der Waals surface area contributed by atoms with E-state index < -0.39 is 0 Å². The van der Waals surface area contributed by atoms with Crippen LogP contribution in [-0.4, -0.2) is 15.2 Å². The first-order chi connectivity index (χ1) is 11.2. The largest absolute Gasteiger partial charge is 0.872 e. The van der Waals surface area contributed by atoms with Crippen LogP contribution in [0.25, 0.3) is 0 Å². The number of rotatable bonds is 4. The molecule has 0 heterocycles. The Morgan fingerprint density at radius 3 is 1.36 bits per heavy atom. The Kier molecular flexibility index (Phi) is 9.85. The summed E-state index contributed by atoms with van der Waals surface area (Å²) in [5.74, 6) is 2.07. The summed E-state index contributed by atoms with van der Waals surface area (Å²) in [6.45, 7) is 23.9. The third kappa shape index (κ3) is 9.72. The molecule has 0 amide bonds. The molecule has 1 rings (SSSR count). The van der Waals surface area contributed by atoms with Gasteiger partial charge in [-0.05, 0) is 28.9 Å². The van der Waals surface area contributed by atoms with Crippen LogP contribution < -0.4 is 5.11 Å². The van der Waals surface area contributed by atoms with Crippen molar-refractivity contribution in [2.75, 3.05) is 0 Å². The fraction of sp³-hybridized carbons (Fsp3) is 0.739. The van der Waals surface area contributed by atoms with Gasteiger partial charge in [0.1, 0.15) is 0 Å². The van der Waals surface area contributed by atoms with Crippen molar-refractivity contribution in [1.82, 2.24) is 0 Å². The zero-order valence-electron chi connectivity index (χ0n) is 18.7. The summed E-state index contributed by atoms with van der Waals surface area (Å²) in [6, 6.07) is 4.05. The third-order valence-electron chi connectivity index (χ3n) is 4.13. The minimum absolute atomic E-state index is 0.0803. The summed E-state index contributed by atoms with van der Waals surface area (Å²) >= 11 is 0.755. The fourth-order valence-corrected chi connectivity index (χ4v) is 4.18. The molecule has 0 saturated heterocycles. The van der Waals surface area contributed by atoms with Gasteiger partial charge in [0.15, 0.2) is 0 Å². The van der Waals surface area contributed by atoms with Crippen LogP contribution in [0.2, 0.25) is 10.6 Å². The Morgan fingerprint density at radius 2 is 1.12 bits per heavy atom. The minimum Gasteiger partial charge on any atom is -0.872 e. The van der Waals surface area contributed by atoms with E-state index in [-0.39, 0.29) is 16.6 Å². The molecular formula is C23H41AlO. The van der Waals surface area contributed by atoms with E-state index >= 15 is 0 Å². The Hall–Kier alpha value is -0.448. The second-order valence-corrected chi connectivity index (χ2v) is 11.8. The predicted molar refractivity (Wildman–Crippen MR) is 113 cm³/mol. The molecule has 0 N–H and O–H groups in total. The van der Waals surface area contributed by atoms with Gasteiger partial charge in [-0.2, -0.15) is 0 Å². The smallest absolute Gasteiger partial charge is 0.0138 e. The van der Waals surface area contributed by atoms with Crippen molar-refractivity contribution in [3.05, 3.63) is 28.8 Å². The van der Waals surface area contributed by atoms with Gasteiger partial charge in [-0.15, -0.1) is 5.75 Å². The molecule has 25 heavy (non-hydrogen) atoms. The quantitative estimate of drug-likeness (QED) is 0.562. The number of aryl methyl sites for hydroxylation is 1. The van der Waals surface area contributed by atoms with E-state index in [1.807, 2.05) is 12.1 Å². The Labute approximate surface area is 164 Å². The summed E-state index contributed by atoms with van der Waals surface area (Å²) in [7, 11) is 0. The van der Waals surface area contributed by atoms with E-state index in [9.17, 15) is 5.11 Å². The summed E-state index contributed by atoms with van der Waals surface area (Å²) < 4.78 is 0. The van der Waals surface area contributed by atoms with Crippen molar-refractivity contribution in [3.8, 4) is 5.75 Å². The third-order valence-corrected chi connectivity index (χ3v) is 6.68. The molecule has 142 valence electrons. The van der Waals surface area contributed by atoms with Crippen LogP contribution in [0.4, 0.5) is 0 Å². The molecule has 0 radical (unpaired) electrons. The molecule has 0 aliphatic heterocycles. The number of benzene rings is 1. The Balaban J connectivity index is 0.000000547. The van der Waals surface area contributed by atoms with Gasteiger partial charge in [-0.3, -0.25) is 0 Å². The normalized spacial score (nSPS) is 12.0. The zero-order chi connectivity index (χ0) is 20.0. The molecular weight excluding hydrogens is 319 g/mol. The molecule has 0 fully saturated rings. The molecule has 0 saturated carbocycles. The summed E-state index contributed by atoms with van der Waals surface area (Å²) in [4.78, 5) is 0. The van der Waals surface area contributed by atoms with E-state index in [0.717, 1.165) is 38.2 Å². The average Bonchev–Trinajstić information content (AvgIpc) is 2.38. The van der Waals surface area contributed by atoms with Crippen molar-refractivity contribution in [1.29, 1.82) is 0 Å². The SMILES string of the molecule is CC(C)[CH2][Al+][CH2]C(C)C.Cc1cc(C(C)(C)C)c([O-])c(C(C)(C)C)c1. The van der Waals surface area contributed by atoms with Crippen molar-refractivity contribution in [3.63, 3.8) is 0 Å². The van der Waals surface area contributed by atoms with Crippen molar-refractivity contribution in [2.24, 2.45) is 11.8 Å². The van der Waals surface area contributed by atoms with Crippen molar-refractivity contribution < 1.29 is 5.11 Å². The average molecular weight is 361 g/mol. The first-order valence-corrected chi connectivity index (χ1v) is 11.4. The molecule has 1 aromatic rings. The van der Waals surface area contributed by atoms with Gasteiger partial charge in [0, 0.05) is 0 Å². The maximum absolute atomic E-state index is 12.4. The Morgan fingerprint density at radius 1 is 0.800 bits per heavy atom. The van der Waals surface area contributed by atoms with Gasteiger partial charge in [-0.25, -0.2) is 0 Å². The van der Waals surface area contributed by atoms with Gasteiger partial charge in [-0.1, -0.05) is 59.2 Å². The number of hydrogen-bond acceptors (Lipinski definition) is 1. The van der Waals surface area contributed by atoms with Crippen LogP contribution in [0.1, 0.15) is 85.9 Å².